The Labute approximate surface area is 206 Å². The molecule has 1 aromatic carbocycles. The quantitative estimate of drug-likeness (QED) is 0.240. The minimum absolute atomic E-state index is 0.0225. The minimum Gasteiger partial charge on any atom is -0.508 e. The van der Waals surface area contributed by atoms with E-state index in [0.717, 1.165) is 0 Å². The molecule has 1 aromatic rings. The molecule has 2 saturated heterocycles. The van der Waals surface area contributed by atoms with E-state index in [1.54, 1.807) is 12.1 Å². The number of rotatable bonds is 8. The maximum absolute atomic E-state index is 13.0. The van der Waals surface area contributed by atoms with Crippen molar-refractivity contribution in [2.45, 2.75) is 18.5 Å². The molecular formula is C25H25N3O8. The number of amides is 3. The van der Waals surface area contributed by atoms with E-state index >= 15 is 0 Å². The molecule has 11 heteroatoms. The van der Waals surface area contributed by atoms with Crippen molar-refractivity contribution in [3.63, 3.8) is 0 Å². The number of anilines is 1. The van der Waals surface area contributed by atoms with E-state index in [1.807, 2.05) is 0 Å². The van der Waals surface area contributed by atoms with Crippen LogP contribution in [0.3, 0.4) is 0 Å². The number of nitrogens with one attached hydrogen (secondary N) is 1. The van der Waals surface area contributed by atoms with Crippen molar-refractivity contribution in [2.24, 2.45) is 0 Å². The lowest BCUT2D eigenvalue weighted by Crippen LogP contribution is -2.73. The fraction of sp³-hybridized carbons (Fsp3) is 0.280. The van der Waals surface area contributed by atoms with Gasteiger partial charge in [-0.2, -0.15) is 0 Å². The molecule has 0 aliphatic carbocycles. The smallest absolute Gasteiger partial charge is 0.408 e. The monoisotopic (exact) mass is 495 g/mol. The summed E-state index contributed by atoms with van der Waals surface area (Å²) in [6, 6.07) is 4.62. The number of fused-ring (bicyclic) bond motifs is 1. The third-order valence-corrected chi connectivity index (χ3v) is 5.83. The molecule has 3 amide bonds. The largest absolute Gasteiger partial charge is 0.508 e. The standard InChI is InChI=1S/C25H25N3O8/c1-3-11-34-24(32)21-19(13-15-9-10-27(22(15)30)16-5-7-17(29)8-6-16)36-14-18-20(23(31)28(18)21)26-25(33)35-12-4-2/h3-8,13,18,20,29H,1-2,9-12,14H2,(H,26,33)/t18-,20+/m1/s1. The molecule has 3 aliphatic rings. The van der Waals surface area contributed by atoms with Gasteiger partial charge in [-0.25, -0.2) is 9.59 Å². The Hall–Kier alpha value is -4.54. The fourth-order valence-electron chi connectivity index (χ4n) is 4.11. The number of phenols is 1. The Bertz CT molecular complexity index is 1170. The highest BCUT2D eigenvalue weighted by molar-refractivity contribution is 6.09. The fourth-order valence-corrected chi connectivity index (χ4v) is 4.11. The van der Waals surface area contributed by atoms with Crippen LogP contribution in [0, 0.1) is 0 Å². The number of carbonyl (C=O) groups excluding carboxylic acids is 4. The Morgan fingerprint density at radius 3 is 2.53 bits per heavy atom. The molecule has 36 heavy (non-hydrogen) atoms. The number of alkyl carbamates (subject to hydrolysis) is 1. The first kappa shape index (κ1) is 24.6. The molecule has 0 unspecified atom stereocenters. The van der Waals surface area contributed by atoms with Crippen molar-refractivity contribution in [2.75, 3.05) is 31.3 Å². The zero-order valence-corrected chi connectivity index (χ0v) is 19.3. The number of phenolic OH excluding ortho intramolecular Hbond substituents is 1. The Kier molecular flexibility index (Phi) is 7.09. The summed E-state index contributed by atoms with van der Waals surface area (Å²) in [5.74, 6) is -1.55. The molecular weight excluding hydrogens is 470 g/mol. The number of carbonyl (C=O) groups is 4. The number of hydrogen-bond donors (Lipinski definition) is 2. The van der Waals surface area contributed by atoms with Crippen molar-refractivity contribution < 1.29 is 38.5 Å². The first-order valence-corrected chi connectivity index (χ1v) is 11.2. The molecule has 0 spiro atoms. The average molecular weight is 495 g/mol. The van der Waals surface area contributed by atoms with E-state index < -0.39 is 30.1 Å². The topological polar surface area (TPSA) is 135 Å². The highest BCUT2D eigenvalue weighted by Gasteiger charge is 2.55. The molecule has 4 rings (SSSR count). The molecule has 11 nitrogen and oxygen atoms in total. The number of nitrogens with zero attached hydrogens (tertiary/aromatic N) is 2. The highest BCUT2D eigenvalue weighted by atomic mass is 16.6. The van der Waals surface area contributed by atoms with Crippen molar-refractivity contribution in [1.29, 1.82) is 0 Å². The second kappa shape index (κ2) is 10.4. The summed E-state index contributed by atoms with van der Waals surface area (Å²) in [5, 5.41) is 12.0. The second-order valence-electron chi connectivity index (χ2n) is 8.09. The maximum atomic E-state index is 13.0. The maximum Gasteiger partial charge on any atom is 0.408 e. The van der Waals surface area contributed by atoms with E-state index in [1.165, 1.54) is 40.2 Å². The van der Waals surface area contributed by atoms with Crippen molar-refractivity contribution >= 4 is 29.6 Å². The highest BCUT2D eigenvalue weighted by Crippen LogP contribution is 2.35. The van der Waals surface area contributed by atoms with E-state index in [-0.39, 0.29) is 42.9 Å². The van der Waals surface area contributed by atoms with Crippen LogP contribution < -0.4 is 10.2 Å². The van der Waals surface area contributed by atoms with Crippen LogP contribution in [-0.4, -0.2) is 72.3 Å². The van der Waals surface area contributed by atoms with Crippen LogP contribution in [0.1, 0.15) is 6.42 Å². The average Bonchev–Trinajstić information content (AvgIpc) is 3.24. The van der Waals surface area contributed by atoms with Gasteiger partial charge >= 0.3 is 12.1 Å². The van der Waals surface area contributed by atoms with Crippen molar-refractivity contribution in [1.82, 2.24) is 10.2 Å². The number of hydrogen-bond acceptors (Lipinski definition) is 8. The van der Waals surface area contributed by atoms with Crippen molar-refractivity contribution in [3.05, 3.63) is 72.7 Å². The van der Waals surface area contributed by atoms with Crippen LogP contribution in [-0.2, 0) is 28.6 Å². The van der Waals surface area contributed by atoms with Crippen LogP contribution in [0.5, 0.6) is 5.75 Å². The van der Waals surface area contributed by atoms with Gasteiger partial charge in [-0.15, -0.1) is 0 Å². The van der Waals surface area contributed by atoms with Gasteiger partial charge < -0.3 is 29.5 Å². The lowest BCUT2D eigenvalue weighted by atomic mass is 9.92. The summed E-state index contributed by atoms with van der Waals surface area (Å²) in [7, 11) is 0. The van der Waals surface area contributed by atoms with Gasteiger partial charge in [0, 0.05) is 17.8 Å². The van der Waals surface area contributed by atoms with Gasteiger partial charge in [0.15, 0.2) is 11.5 Å². The van der Waals surface area contributed by atoms with Gasteiger partial charge in [0.25, 0.3) is 11.8 Å². The first-order valence-electron chi connectivity index (χ1n) is 11.2. The lowest BCUT2D eigenvalue weighted by molar-refractivity contribution is -0.160. The van der Waals surface area contributed by atoms with Crippen LogP contribution in [0.4, 0.5) is 10.5 Å². The Balaban J connectivity index is 1.59. The summed E-state index contributed by atoms with van der Waals surface area (Å²) < 4.78 is 15.8. The summed E-state index contributed by atoms with van der Waals surface area (Å²) in [6.45, 7) is 7.22. The summed E-state index contributed by atoms with van der Waals surface area (Å²) in [6.07, 6.45) is 3.79. The molecule has 3 heterocycles. The molecule has 0 aromatic heterocycles. The summed E-state index contributed by atoms with van der Waals surface area (Å²) in [5.41, 5.74) is 0.834. The molecule has 2 atom stereocenters. The summed E-state index contributed by atoms with van der Waals surface area (Å²) in [4.78, 5) is 53.5. The third-order valence-electron chi connectivity index (χ3n) is 5.83. The summed E-state index contributed by atoms with van der Waals surface area (Å²) >= 11 is 0. The van der Waals surface area contributed by atoms with E-state index in [4.69, 9.17) is 14.2 Å². The lowest BCUT2D eigenvalue weighted by Gasteiger charge is -2.49. The van der Waals surface area contributed by atoms with E-state index in [0.29, 0.717) is 24.2 Å². The SMILES string of the molecule is C=CCOC(=O)N[C@@H]1C(=O)N2C(C(=O)OCC=C)=C(C=C3CCN(c4ccc(O)cc4)C3=O)OC[C@H]12. The van der Waals surface area contributed by atoms with Crippen LogP contribution in [0.25, 0.3) is 0 Å². The predicted molar refractivity (Wildman–Crippen MR) is 126 cm³/mol. The first-order chi connectivity index (χ1) is 17.3. The number of allylic oxidation sites excluding steroid dienone is 1. The molecule has 3 aliphatic heterocycles. The van der Waals surface area contributed by atoms with Crippen LogP contribution in [0.2, 0.25) is 0 Å². The van der Waals surface area contributed by atoms with Gasteiger partial charge in [-0.05, 0) is 36.8 Å². The Morgan fingerprint density at radius 1 is 1.14 bits per heavy atom. The van der Waals surface area contributed by atoms with Gasteiger partial charge in [-0.3, -0.25) is 14.5 Å². The van der Waals surface area contributed by atoms with Crippen LogP contribution >= 0.6 is 0 Å². The molecule has 188 valence electrons. The second-order valence-corrected chi connectivity index (χ2v) is 8.09. The molecule has 0 radical (unpaired) electrons. The van der Waals surface area contributed by atoms with Gasteiger partial charge in [0.2, 0.25) is 0 Å². The molecule has 2 fully saturated rings. The zero-order chi connectivity index (χ0) is 25.8. The number of esters is 1. The van der Waals surface area contributed by atoms with E-state index in [2.05, 4.69) is 18.5 Å². The zero-order valence-electron chi connectivity index (χ0n) is 19.3. The number of aromatic hydroxyl groups is 1. The predicted octanol–water partition coefficient (Wildman–Crippen LogP) is 1.52. The molecule has 0 saturated carbocycles. The molecule has 0 bridgehead atoms. The molecule has 2 N–H and O–H groups in total. The number of ether oxygens (including phenoxy) is 3. The number of benzene rings is 1. The minimum atomic E-state index is -0.947. The third kappa shape index (κ3) is 4.67. The van der Waals surface area contributed by atoms with Gasteiger partial charge in [0.05, 0.1) is 0 Å². The Morgan fingerprint density at radius 2 is 1.83 bits per heavy atom. The van der Waals surface area contributed by atoms with Gasteiger partial charge in [0.1, 0.15) is 37.7 Å². The normalized spacial score (nSPS) is 21.9. The van der Waals surface area contributed by atoms with Gasteiger partial charge in [-0.1, -0.05) is 25.3 Å². The number of β-lactam (4-membered cyclic amide) rings is 1. The van der Waals surface area contributed by atoms with Crippen molar-refractivity contribution in [3.8, 4) is 5.75 Å². The van der Waals surface area contributed by atoms with E-state index in [9.17, 15) is 24.3 Å². The van der Waals surface area contributed by atoms with Crippen LogP contribution in [0.15, 0.2) is 72.7 Å².